The summed E-state index contributed by atoms with van der Waals surface area (Å²) in [7, 11) is 0. The molecular formula is C31H33F5N4O3. The summed E-state index contributed by atoms with van der Waals surface area (Å²) in [6.45, 7) is 4.08. The van der Waals surface area contributed by atoms with E-state index in [9.17, 15) is 31.5 Å². The smallest absolute Gasteiger partial charge is 0.379 e. The average Bonchev–Trinajstić information content (AvgIpc) is 3.39. The maximum atomic E-state index is 13.8. The number of benzene rings is 2. The Morgan fingerprint density at radius 1 is 0.814 bits per heavy atom. The third-order valence-corrected chi connectivity index (χ3v) is 8.80. The second-order valence-electron chi connectivity index (χ2n) is 11.5. The van der Waals surface area contributed by atoms with E-state index in [-0.39, 0.29) is 30.4 Å². The highest BCUT2D eigenvalue weighted by atomic mass is 19.4. The highest BCUT2D eigenvalue weighted by Crippen LogP contribution is 2.34. The summed E-state index contributed by atoms with van der Waals surface area (Å²) >= 11 is 0. The predicted octanol–water partition coefficient (Wildman–Crippen LogP) is 5.46. The predicted molar refractivity (Wildman–Crippen MR) is 150 cm³/mol. The first-order valence-electron chi connectivity index (χ1n) is 14.6. The van der Waals surface area contributed by atoms with E-state index in [0.717, 1.165) is 38.1 Å². The van der Waals surface area contributed by atoms with Gasteiger partial charge in [0.05, 0.1) is 24.3 Å². The Labute approximate surface area is 245 Å². The van der Waals surface area contributed by atoms with Crippen molar-refractivity contribution in [1.82, 2.24) is 19.3 Å². The van der Waals surface area contributed by atoms with E-state index in [1.807, 2.05) is 4.90 Å². The molecule has 3 aliphatic rings. The molecule has 3 fully saturated rings. The Morgan fingerprint density at radius 2 is 1.49 bits per heavy atom. The molecule has 0 atom stereocenters. The molecule has 3 aliphatic heterocycles. The lowest BCUT2D eigenvalue weighted by Crippen LogP contribution is -2.50. The van der Waals surface area contributed by atoms with Gasteiger partial charge in [-0.2, -0.15) is 13.2 Å². The lowest BCUT2D eigenvalue weighted by atomic mass is 10.0. The Bertz CT molecular complexity index is 1500. The fourth-order valence-corrected chi connectivity index (χ4v) is 6.36. The zero-order valence-corrected chi connectivity index (χ0v) is 23.6. The van der Waals surface area contributed by atoms with Gasteiger partial charge in [0.15, 0.2) is 0 Å². The molecule has 1 aromatic heterocycles. The van der Waals surface area contributed by atoms with Crippen LogP contribution in [0.25, 0.3) is 16.6 Å². The third kappa shape index (κ3) is 6.12. The molecule has 0 spiro atoms. The summed E-state index contributed by atoms with van der Waals surface area (Å²) in [4.78, 5) is 32.7. The number of morpholine rings is 1. The van der Waals surface area contributed by atoms with Gasteiger partial charge in [-0.1, -0.05) is 6.07 Å². The van der Waals surface area contributed by atoms with Gasteiger partial charge in [0.1, 0.15) is 5.69 Å². The number of amides is 2. The summed E-state index contributed by atoms with van der Waals surface area (Å²) < 4.78 is 75.2. The molecule has 0 radical (unpaired) electrons. The van der Waals surface area contributed by atoms with E-state index < -0.39 is 36.4 Å². The first-order chi connectivity index (χ1) is 20.5. The minimum atomic E-state index is -4.60. The monoisotopic (exact) mass is 604 g/mol. The van der Waals surface area contributed by atoms with Crippen LogP contribution in [-0.2, 0) is 10.9 Å². The molecule has 230 valence electrons. The normalized spacial score (nSPS) is 20.5. The number of hydrogen-bond donors (Lipinski definition) is 0. The molecule has 0 bridgehead atoms. The number of nitrogens with zero attached hydrogens (tertiary/aromatic N) is 4. The average molecular weight is 605 g/mol. The van der Waals surface area contributed by atoms with Crippen molar-refractivity contribution in [2.24, 2.45) is 0 Å². The van der Waals surface area contributed by atoms with Crippen LogP contribution in [-0.4, -0.2) is 95.5 Å². The largest absolute Gasteiger partial charge is 0.416 e. The van der Waals surface area contributed by atoms with Gasteiger partial charge in [0, 0.05) is 74.8 Å². The number of fused-ring (bicyclic) bond motifs is 1. The van der Waals surface area contributed by atoms with Crippen molar-refractivity contribution >= 4 is 22.7 Å². The lowest BCUT2D eigenvalue weighted by molar-refractivity contribution is -0.137. The maximum Gasteiger partial charge on any atom is 0.416 e. The van der Waals surface area contributed by atoms with Crippen LogP contribution in [0.15, 0.2) is 48.5 Å². The van der Waals surface area contributed by atoms with Crippen LogP contribution in [0.1, 0.15) is 52.1 Å². The molecule has 2 amide bonds. The number of likely N-dealkylation sites (tertiary alicyclic amines) is 2. The fraction of sp³-hybridized carbons (Fsp3) is 0.484. The van der Waals surface area contributed by atoms with Crippen LogP contribution in [0.4, 0.5) is 22.0 Å². The molecule has 0 aliphatic carbocycles. The lowest BCUT2D eigenvalue weighted by Gasteiger charge is -2.40. The molecule has 3 saturated heterocycles. The van der Waals surface area contributed by atoms with Crippen molar-refractivity contribution in [2.75, 3.05) is 52.5 Å². The van der Waals surface area contributed by atoms with Crippen molar-refractivity contribution in [3.63, 3.8) is 0 Å². The maximum absolute atomic E-state index is 13.8. The molecule has 43 heavy (non-hydrogen) atoms. The number of carbonyl (C=O) groups is 2. The molecule has 12 heteroatoms. The first-order valence-corrected chi connectivity index (χ1v) is 14.6. The Kier molecular flexibility index (Phi) is 7.93. The molecule has 0 unspecified atom stereocenters. The minimum absolute atomic E-state index is 0.0514. The number of rotatable bonds is 4. The molecular weight excluding hydrogens is 571 g/mol. The SMILES string of the molecule is O=C(c1ccc2c(c1)cc(C(=O)N1CCC(F)(F)CC1)n2-c1cccc(C(F)(F)F)c1)N1CCC(N2CCOCC2)CC1. The molecule has 0 saturated carbocycles. The van der Waals surface area contributed by atoms with E-state index in [0.29, 0.717) is 48.8 Å². The van der Waals surface area contributed by atoms with Gasteiger partial charge >= 0.3 is 6.18 Å². The first kappa shape index (κ1) is 29.6. The summed E-state index contributed by atoms with van der Waals surface area (Å²) in [5, 5.41) is 0.497. The van der Waals surface area contributed by atoms with Crippen molar-refractivity contribution < 1.29 is 36.3 Å². The van der Waals surface area contributed by atoms with Crippen LogP contribution in [0, 0.1) is 0 Å². The van der Waals surface area contributed by atoms with Crippen LogP contribution in [0.3, 0.4) is 0 Å². The standard InChI is InChI=1S/C31H33F5N4O3/c32-30(33)8-12-39(13-9-30)29(42)27-19-22-18-21(28(41)38-10-6-24(7-11-38)37-14-16-43-17-15-37)4-5-26(22)40(27)25-3-1-2-23(20-25)31(34,35)36/h1-5,18-20,24H,6-17H2. The van der Waals surface area contributed by atoms with Gasteiger partial charge < -0.3 is 19.1 Å². The van der Waals surface area contributed by atoms with Gasteiger partial charge in [-0.05, 0) is 55.3 Å². The number of alkyl halides is 5. The van der Waals surface area contributed by atoms with E-state index in [4.69, 9.17) is 4.74 Å². The van der Waals surface area contributed by atoms with Crippen molar-refractivity contribution in [1.29, 1.82) is 0 Å². The fourth-order valence-electron chi connectivity index (χ4n) is 6.36. The Balaban J connectivity index is 1.31. The topological polar surface area (TPSA) is 58.0 Å². The van der Waals surface area contributed by atoms with Crippen molar-refractivity contribution in [2.45, 2.75) is 43.8 Å². The summed E-state index contributed by atoms with van der Waals surface area (Å²) in [6.07, 6.45) is -3.86. The van der Waals surface area contributed by atoms with E-state index in [2.05, 4.69) is 4.90 Å². The Morgan fingerprint density at radius 3 is 2.16 bits per heavy atom. The molecule has 7 nitrogen and oxygen atoms in total. The quantitative estimate of drug-likeness (QED) is 0.372. The van der Waals surface area contributed by atoms with E-state index in [1.165, 1.54) is 27.7 Å². The molecule has 2 aromatic carbocycles. The second kappa shape index (κ2) is 11.5. The van der Waals surface area contributed by atoms with Crippen molar-refractivity contribution in [3.8, 4) is 5.69 Å². The summed E-state index contributed by atoms with van der Waals surface area (Å²) in [5.74, 6) is -3.57. The number of hydrogen-bond acceptors (Lipinski definition) is 4. The number of ether oxygens (including phenoxy) is 1. The van der Waals surface area contributed by atoms with Gasteiger partial charge in [-0.25, -0.2) is 8.78 Å². The third-order valence-electron chi connectivity index (χ3n) is 8.80. The van der Waals surface area contributed by atoms with Gasteiger partial charge in [-0.15, -0.1) is 0 Å². The minimum Gasteiger partial charge on any atom is -0.379 e. The van der Waals surface area contributed by atoms with Gasteiger partial charge in [0.2, 0.25) is 0 Å². The number of piperidine rings is 2. The van der Waals surface area contributed by atoms with E-state index >= 15 is 0 Å². The molecule has 6 rings (SSSR count). The van der Waals surface area contributed by atoms with Crippen molar-refractivity contribution in [3.05, 3.63) is 65.4 Å². The molecule has 3 aromatic rings. The van der Waals surface area contributed by atoms with Crippen LogP contribution >= 0.6 is 0 Å². The number of aromatic nitrogens is 1. The summed E-state index contributed by atoms with van der Waals surface area (Å²) in [6, 6.07) is 11.5. The van der Waals surface area contributed by atoms with Crippen LogP contribution < -0.4 is 0 Å². The zero-order chi connectivity index (χ0) is 30.4. The second-order valence-corrected chi connectivity index (χ2v) is 11.5. The number of carbonyl (C=O) groups excluding carboxylic acids is 2. The molecule has 0 N–H and O–H groups in total. The highest BCUT2D eigenvalue weighted by molar-refractivity contribution is 6.03. The highest BCUT2D eigenvalue weighted by Gasteiger charge is 2.37. The Hall–Kier alpha value is -3.51. The van der Waals surface area contributed by atoms with Gasteiger partial charge in [-0.3, -0.25) is 14.5 Å². The zero-order valence-electron chi connectivity index (χ0n) is 23.6. The van der Waals surface area contributed by atoms with E-state index in [1.54, 1.807) is 18.2 Å². The molecule has 4 heterocycles. The summed E-state index contributed by atoms with van der Waals surface area (Å²) in [5.41, 5.74) is 0.133. The van der Waals surface area contributed by atoms with Gasteiger partial charge in [0.25, 0.3) is 17.7 Å². The number of halogens is 5. The van der Waals surface area contributed by atoms with Crippen LogP contribution in [0.2, 0.25) is 0 Å². The van der Waals surface area contributed by atoms with Crippen LogP contribution in [0.5, 0.6) is 0 Å².